The van der Waals surface area contributed by atoms with E-state index >= 15 is 0 Å². The molecule has 0 radical (unpaired) electrons. The van der Waals surface area contributed by atoms with Gasteiger partial charge in [-0.1, -0.05) is 6.92 Å². The molecule has 1 atom stereocenters. The average Bonchev–Trinajstić information content (AvgIpc) is 2.58. The predicted molar refractivity (Wildman–Crippen MR) is 66.7 cm³/mol. The number of likely N-dealkylation sites (N-methyl/N-ethyl adjacent to an activating group) is 1. The quantitative estimate of drug-likeness (QED) is 0.693. The highest BCUT2D eigenvalue weighted by molar-refractivity contribution is 8.56. The lowest BCUT2D eigenvalue weighted by molar-refractivity contribution is 0.209. The Balaban J connectivity index is 2.76. The van der Waals surface area contributed by atoms with Crippen molar-refractivity contribution < 1.29 is 13.9 Å². The standard InChI is InChI=1S/C9H19N2O3PS/c1-4-8-16-15(13,14-5-2)11-7-6-10(3)9(11)12/h4-8H2,1-3H3. The van der Waals surface area contributed by atoms with Gasteiger partial charge in [0.25, 0.3) is 0 Å². The normalized spacial score (nSPS) is 20.3. The van der Waals surface area contributed by atoms with Gasteiger partial charge in [0.2, 0.25) is 0 Å². The molecular weight excluding hydrogens is 247 g/mol. The van der Waals surface area contributed by atoms with E-state index in [1.165, 1.54) is 16.1 Å². The molecule has 0 bridgehead atoms. The molecule has 1 unspecified atom stereocenters. The maximum Gasteiger partial charge on any atom is 0.357 e. The zero-order valence-electron chi connectivity index (χ0n) is 10.0. The molecule has 0 N–H and O–H groups in total. The first-order chi connectivity index (χ1) is 7.55. The highest BCUT2D eigenvalue weighted by atomic mass is 32.7. The van der Waals surface area contributed by atoms with E-state index < -0.39 is 6.72 Å². The molecule has 0 saturated carbocycles. The summed E-state index contributed by atoms with van der Waals surface area (Å²) in [4.78, 5) is 13.3. The van der Waals surface area contributed by atoms with Crippen LogP contribution in [0.15, 0.2) is 0 Å². The van der Waals surface area contributed by atoms with Gasteiger partial charge in [-0.3, -0.25) is 4.57 Å². The van der Waals surface area contributed by atoms with Gasteiger partial charge >= 0.3 is 12.8 Å². The molecule has 1 rings (SSSR count). The highest BCUT2D eigenvalue weighted by Crippen LogP contribution is 2.63. The SMILES string of the molecule is CCCSP(=O)(OCC)N1CCN(C)C1=O. The molecule has 1 saturated heterocycles. The van der Waals surface area contributed by atoms with Crippen LogP contribution < -0.4 is 0 Å². The van der Waals surface area contributed by atoms with Crippen LogP contribution in [-0.2, 0) is 9.09 Å². The Bertz CT molecular complexity index is 300. The van der Waals surface area contributed by atoms with Gasteiger partial charge < -0.3 is 9.42 Å². The van der Waals surface area contributed by atoms with Crippen LogP contribution in [0.4, 0.5) is 4.79 Å². The molecule has 7 heteroatoms. The van der Waals surface area contributed by atoms with E-state index in [0.717, 1.165) is 12.2 Å². The summed E-state index contributed by atoms with van der Waals surface area (Å²) in [5.41, 5.74) is 0. The lowest BCUT2D eigenvalue weighted by Crippen LogP contribution is -2.27. The maximum absolute atomic E-state index is 12.5. The molecule has 1 aliphatic rings. The summed E-state index contributed by atoms with van der Waals surface area (Å²) in [5.74, 6) is 0.741. The van der Waals surface area contributed by atoms with E-state index in [0.29, 0.717) is 19.7 Å². The lowest BCUT2D eigenvalue weighted by Gasteiger charge is -2.25. The minimum Gasteiger partial charge on any atom is -0.326 e. The second-order valence-corrected chi connectivity index (χ2v) is 8.05. The van der Waals surface area contributed by atoms with Crippen molar-refractivity contribution in [1.29, 1.82) is 0 Å². The van der Waals surface area contributed by atoms with Crippen LogP contribution in [0.2, 0.25) is 0 Å². The molecule has 2 amide bonds. The fourth-order valence-electron chi connectivity index (χ4n) is 1.41. The molecule has 1 heterocycles. The van der Waals surface area contributed by atoms with Gasteiger partial charge in [-0.15, -0.1) is 0 Å². The Morgan fingerprint density at radius 2 is 2.12 bits per heavy atom. The fraction of sp³-hybridized carbons (Fsp3) is 0.889. The van der Waals surface area contributed by atoms with Crippen molar-refractivity contribution in [3.8, 4) is 0 Å². The van der Waals surface area contributed by atoms with E-state index in [2.05, 4.69) is 0 Å². The summed E-state index contributed by atoms with van der Waals surface area (Å²) < 4.78 is 19.3. The molecule has 1 fully saturated rings. The Morgan fingerprint density at radius 3 is 2.56 bits per heavy atom. The smallest absolute Gasteiger partial charge is 0.326 e. The Hall–Kier alpha value is -0.190. The second-order valence-electron chi connectivity index (χ2n) is 3.55. The Labute approximate surface area is 101 Å². The minimum atomic E-state index is -3.02. The van der Waals surface area contributed by atoms with Crippen LogP contribution in [0.5, 0.6) is 0 Å². The molecule has 94 valence electrons. The van der Waals surface area contributed by atoms with Gasteiger partial charge in [0.15, 0.2) is 0 Å². The molecule has 0 aromatic heterocycles. The first kappa shape index (κ1) is 13.9. The van der Waals surface area contributed by atoms with Gasteiger partial charge in [-0.05, 0) is 24.7 Å². The summed E-state index contributed by atoms with van der Waals surface area (Å²) in [6.07, 6.45) is 0.916. The molecule has 0 aliphatic carbocycles. The largest absolute Gasteiger partial charge is 0.357 e. The monoisotopic (exact) mass is 266 g/mol. The predicted octanol–water partition coefficient (Wildman–Crippen LogP) is 2.64. The van der Waals surface area contributed by atoms with Crippen LogP contribution >= 0.6 is 18.1 Å². The first-order valence-electron chi connectivity index (χ1n) is 5.47. The van der Waals surface area contributed by atoms with Crippen molar-refractivity contribution >= 4 is 24.1 Å². The Kier molecular flexibility index (Phi) is 5.15. The van der Waals surface area contributed by atoms with Crippen molar-refractivity contribution in [3.05, 3.63) is 0 Å². The number of rotatable bonds is 6. The average molecular weight is 266 g/mol. The lowest BCUT2D eigenvalue weighted by atomic mass is 10.6. The van der Waals surface area contributed by atoms with Crippen LogP contribution in [0.1, 0.15) is 20.3 Å². The number of hydrogen-bond donors (Lipinski definition) is 0. The number of urea groups is 1. The topological polar surface area (TPSA) is 49.9 Å². The number of nitrogens with zero attached hydrogens (tertiary/aromatic N) is 2. The van der Waals surface area contributed by atoms with Crippen LogP contribution in [-0.4, -0.2) is 48.1 Å². The van der Waals surface area contributed by atoms with Gasteiger partial charge in [0.05, 0.1) is 6.61 Å². The molecule has 1 aliphatic heterocycles. The molecule has 0 aromatic rings. The highest BCUT2D eigenvalue weighted by Gasteiger charge is 2.41. The maximum atomic E-state index is 12.5. The number of hydrogen-bond acceptors (Lipinski definition) is 4. The zero-order chi connectivity index (χ0) is 12.2. The van der Waals surface area contributed by atoms with Crippen LogP contribution in [0.25, 0.3) is 0 Å². The van der Waals surface area contributed by atoms with Gasteiger partial charge in [0, 0.05) is 25.9 Å². The third-order valence-corrected chi connectivity index (χ3v) is 7.14. The molecule has 16 heavy (non-hydrogen) atoms. The molecule has 0 spiro atoms. The molecule has 0 aromatic carbocycles. The van der Waals surface area contributed by atoms with Crippen molar-refractivity contribution in [3.63, 3.8) is 0 Å². The van der Waals surface area contributed by atoms with Gasteiger partial charge in [-0.25, -0.2) is 9.46 Å². The van der Waals surface area contributed by atoms with Gasteiger partial charge in [0.1, 0.15) is 0 Å². The summed E-state index contributed by atoms with van der Waals surface area (Å²) in [6, 6.07) is -0.194. The molecule has 5 nitrogen and oxygen atoms in total. The summed E-state index contributed by atoms with van der Waals surface area (Å²) in [6.45, 7) is 2.26. The van der Waals surface area contributed by atoms with Crippen LogP contribution in [0.3, 0.4) is 0 Å². The first-order valence-corrected chi connectivity index (χ1v) is 8.64. The van der Waals surface area contributed by atoms with Crippen molar-refractivity contribution in [2.75, 3.05) is 32.5 Å². The van der Waals surface area contributed by atoms with Crippen LogP contribution in [0, 0.1) is 0 Å². The minimum absolute atomic E-state index is 0.194. The van der Waals surface area contributed by atoms with E-state index in [1.54, 1.807) is 18.9 Å². The summed E-state index contributed by atoms with van der Waals surface area (Å²) in [5, 5.41) is 0. The van der Waals surface area contributed by atoms with E-state index in [1.807, 2.05) is 6.92 Å². The van der Waals surface area contributed by atoms with Gasteiger partial charge in [-0.2, -0.15) is 0 Å². The van der Waals surface area contributed by atoms with Crippen molar-refractivity contribution in [2.24, 2.45) is 0 Å². The summed E-state index contributed by atoms with van der Waals surface area (Å²) >= 11 is 1.26. The number of carbonyl (C=O) groups excluding carboxylic acids is 1. The third-order valence-electron chi connectivity index (χ3n) is 2.24. The summed E-state index contributed by atoms with van der Waals surface area (Å²) in [7, 11) is 1.71. The Morgan fingerprint density at radius 1 is 1.44 bits per heavy atom. The third kappa shape index (κ3) is 2.93. The molecular formula is C9H19N2O3PS. The number of carbonyl (C=O) groups is 1. The second kappa shape index (κ2) is 5.94. The fourth-order valence-corrected chi connectivity index (χ4v) is 5.85. The zero-order valence-corrected chi connectivity index (χ0v) is 11.7. The van der Waals surface area contributed by atoms with Crippen molar-refractivity contribution in [1.82, 2.24) is 9.57 Å². The van der Waals surface area contributed by atoms with E-state index in [9.17, 15) is 9.36 Å². The number of amides is 2. The van der Waals surface area contributed by atoms with Crippen molar-refractivity contribution in [2.45, 2.75) is 20.3 Å². The van der Waals surface area contributed by atoms with E-state index in [-0.39, 0.29) is 6.03 Å². The van der Waals surface area contributed by atoms with E-state index in [4.69, 9.17) is 4.52 Å².